The average molecular weight is 323 g/mol. The topological polar surface area (TPSA) is 47.4 Å². The smallest absolute Gasteiger partial charge is 0.223 e. The zero-order valence-corrected chi connectivity index (χ0v) is 13.6. The third kappa shape index (κ3) is 2.39. The van der Waals surface area contributed by atoms with Crippen molar-refractivity contribution in [3.05, 3.63) is 36.2 Å². The van der Waals surface area contributed by atoms with Gasteiger partial charge >= 0.3 is 0 Å². The van der Waals surface area contributed by atoms with Crippen molar-refractivity contribution in [3.63, 3.8) is 0 Å². The number of ether oxygens (including phenoxy) is 1. The first-order valence-electron chi connectivity index (χ1n) is 8.84. The highest BCUT2D eigenvalue weighted by Crippen LogP contribution is 2.34. The molecular weight excluding hydrogens is 302 g/mol. The Morgan fingerprint density at radius 3 is 3.08 bits per heavy atom. The van der Waals surface area contributed by atoms with Gasteiger partial charge in [0.25, 0.3) is 0 Å². The Hall–Kier alpha value is -2.30. The molecule has 1 saturated heterocycles. The van der Waals surface area contributed by atoms with Gasteiger partial charge in [0.05, 0.1) is 6.61 Å². The summed E-state index contributed by atoms with van der Waals surface area (Å²) in [5, 5.41) is 0. The summed E-state index contributed by atoms with van der Waals surface area (Å²) in [5.74, 6) is 2.71. The van der Waals surface area contributed by atoms with Gasteiger partial charge in [0, 0.05) is 55.8 Å². The van der Waals surface area contributed by atoms with Crippen LogP contribution >= 0.6 is 0 Å². The minimum absolute atomic E-state index is 0.332. The number of hydrogen-bond donors (Lipinski definition) is 0. The molecule has 5 nitrogen and oxygen atoms in total. The van der Waals surface area contributed by atoms with E-state index in [9.17, 15) is 4.79 Å². The van der Waals surface area contributed by atoms with Crippen LogP contribution in [0.1, 0.15) is 24.8 Å². The lowest BCUT2D eigenvalue weighted by Gasteiger charge is -2.16. The molecule has 1 aromatic heterocycles. The lowest BCUT2D eigenvalue weighted by atomic mass is 10.1. The van der Waals surface area contributed by atoms with Crippen molar-refractivity contribution >= 4 is 5.91 Å². The molecule has 0 bridgehead atoms. The number of fused-ring (bicyclic) bond motifs is 1. The van der Waals surface area contributed by atoms with Gasteiger partial charge in [-0.1, -0.05) is 0 Å². The number of imidazole rings is 1. The van der Waals surface area contributed by atoms with Crippen LogP contribution in [0.5, 0.6) is 5.75 Å². The Bertz CT molecular complexity index is 794. The summed E-state index contributed by atoms with van der Waals surface area (Å²) >= 11 is 0. The van der Waals surface area contributed by atoms with Gasteiger partial charge in [-0.25, -0.2) is 4.98 Å². The summed E-state index contributed by atoms with van der Waals surface area (Å²) in [4.78, 5) is 18.8. The normalized spacial score (nSPS) is 22.8. The Morgan fingerprint density at radius 1 is 1.29 bits per heavy atom. The van der Waals surface area contributed by atoms with Crippen LogP contribution in [0, 0.1) is 5.92 Å². The number of amides is 1. The number of carbonyl (C=O) groups is 1. The number of nitrogens with zero attached hydrogens (tertiary/aromatic N) is 3. The maximum atomic E-state index is 12.2. The molecular formula is C19H21N3O2. The van der Waals surface area contributed by atoms with Crippen molar-refractivity contribution in [3.8, 4) is 17.1 Å². The predicted molar refractivity (Wildman–Crippen MR) is 89.7 cm³/mol. The monoisotopic (exact) mass is 323 g/mol. The third-order valence-corrected chi connectivity index (χ3v) is 5.34. The second-order valence-corrected chi connectivity index (χ2v) is 7.17. The minimum Gasteiger partial charge on any atom is -0.493 e. The number of rotatable bonds is 4. The Morgan fingerprint density at radius 2 is 2.21 bits per heavy atom. The van der Waals surface area contributed by atoms with Gasteiger partial charge in [-0.2, -0.15) is 0 Å². The second-order valence-electron chi connectivity index (χ2n) is 7.17. The molecule has 24 heavy (non-hydrogen) atoms. The van der Waals surface area contributed by atoms with Crippen LogP contribution < -0.4 is 4.74 Å². The lowest BCUT2D eigenvalue weighted by molar-refractivity contribution is -0.128. The average Bonchev–Trinajstić information content (AvgIpc) is 2.98. The van der Waals surface area contributed by atoms with Crippen LogP contribution in [-0.2, 0) is 17.8 Å². The van der Waals surface area contributed by atoms with Gasteiger partial charge in [-0.3, -0.25) is 4.79 Å². The molecule has 0 N–H and O–H groups in total. The Kier molecular flexibility index (Phi) is 3.15. The van der Waals surface area contributed by atoms with Crippen LogP contribution in [0.25, 0.3) is 11.4 Å². The molecule has 1 aliphatic carbocycles. The van der Waals surface area contributed by atoms with Crippen molar-refractivity contribution in [1.82, 2.24) is 14.5 Å². The summed E-state index contributed by atoms with van der Waals surface area (Å²) < 4.78 is 7.79. The Labute approximate surface area is 141 Å². The van der Waals surface area contributed by atoms with Crippen LogP contribution in [0.2, 0.25) is 0 Å². The molecule has 5 rings (SSSR count). The van der Waals surface area contributed by atoms with E-state index in [1.807, 2.05) is 18.5 Å². The van der Waals surface area contributed by atoms with Gasteiger partial charge in [0.15, 0.2) is 0 Å². The van der Waals surface area contributed by atoms with Crippen LogP contribution in [-0.4, -0.2) is 39.6 Å². The van der Waals surface area contributed by atoms with Crippen LogP contribution in [0.3, 0.4) is 0 Å². The van der Waals surface area contributed by atoms with Crippen molar-refractivity contribution in [2.24, 2.45) is 5.92 Å². The van der Waals surface area contributed by atoms with E-state index in [1.165, 1.54) is 18.4 Å². The number of carbonyl (C=O) groups excluding carboxylic acids is 1. The quantitative estimate of drug-likeness (QED) is 0.868. The molecule has 2 fully saturated rings. The summed E-state index contributed by atoms with van der Waals surface area (Å²) in [6, 6.07) is 6.85. The molecule has 3 heterocycles. The molecule has 2 aliphatic heterocycles. The number of likely N-dealkylation sites (tertiary alicyclic amines) is 1. The maximum Gasteiger partial charge on any atom is 0.223 e. The summed E-state index contributed by atoms with van der Waals surface area (Å²) in [6.45, 7) is 2.53. The van der Waals surface area contributed by atoms with Crippen LogP contribution in [0.4, 0.5) is 0 Å². The van der Waals surface area contributed by atoms with Crippen molar-refractivity contribution in [2.75, 3.05) is 13.2 Å². The van der Waals surface area contributed by atoms with Gasteiger partial charge in [-0.15, -0.1) is 0 Å². The standard InChI is InChI=1S/C19H21N3O2/c23-18-9-13(12-22(18)16-2-3-16)11-21-7-6-20-19(21)15-1-4-17-14(10-15)5-8-24-17/h1,4,6-7,10,13,16H,2-3,5,8-9,11-12H2. The maximum absolute atomic E-state index is 12.2. The number of aromatic nitrogens is 2. The van der Waals surface area contributed by atoms with Gasteiger partial charge in [0.1, 0.15) is 11.6 Å². The van der Waals surface area contributed by atoms with E-state index in [2.05, 4.69) is 26.6 Å². The molecule has 3 aliphatic rings. The summed E-state index contributed by atoms with van der Waals surface area (Å²) in [7, 11) is 0. The van der Waals surface area contributed by atoms with E-state index in [1.54, 1.807) is 0 Å². The van der Waals surface area contributed by atoms with Crippen molar-refractivity contribution in [2.45, 2.75) is 38.3 Å². The molecule has 1 atom stereocenters. The number of hydrogen-bond acceptors (Lipinski definition) is 3. The highest BCUT2D eigenvalue weighted by molar-refractivity contribution is 5.79. The zero-order valence-electron chi connectivity index (χ0n) is 13.6. The van der Waals surface area contributed by atoms with E-state index >= 15 is 0 Å². The summed E-state index contributed by atoms with van der Waals surface area (Å²) in [6.07, 6.45) is 7.90. The van der Waals surface area contributed by atoms with Crippen molar-refractivity contribution < 1.29 is 9.53 Å². The first-order chi connectivity index (χ1) is 11.8. The second kappa shape index (κ2) is 5.36. The number of benzene rings is 1. The van der Waals surface area contributed by atoms with Crippen LogP contribution in [0.15, 0.2) is 30.6 Å². The SMILES string of the molecule is O=C1CC(Cn2ccnc2-c2ccc3c(c2)CCO3)CN1C1CC1. The Balaban J connectivity index is 1.37. The molecule has 5 heteroatoms. The lowest BCUT2D eigenvalue weighted by Crippen LogP contribution is -2.27. The molecule has 0 spiro atoms. The molecule has 1 amide bonds. The van der Waals surface area contributed by atoms with E-state index in [-0.39, 0.29) is 0 Å². The fraction of sp³-hybridized carbons (Fsp3) is 0.474. The molecule has 1 unspecified atom stereocenters. The fourth-order valence-corrected chi connectivity index (χ4v) is 3.99. The molecule has 0 radical (unpaired) electrons. The first kappa shape index (κ1) is 14.1. The largest absolute Gasteiger partial charge is 0.493 e. The van der Waals surface area contributed by atoms with E-state index in [0.29, 0.717) is 24.3 Å². The minimum atomic E-state index is 0.332. The zero-order chi connectivity index (χ0) is 16.1. The molecule has 1 aromatic carbocycles. The molecule has 2 aromatic rings. The highest BCUT2D eigenvalue weighted by atomic mass is 16.5. The van der Waals surface area contributed by atoms with E-state index < -0.39 is 0 Å². The van der Waals surface area contributed by atoms with Gasteiger partial charge in [-0.05, 0) is 36.6 Å². The molecule has 124 valence electrons. The van der Waals surface area contributed by atoms with Crippen molar-refractivity contribution in [1.29, 1.82) is 0 Å². The van der Waals surface area contributed by atoms with E-state index in [4.69, 9.17) is 4.74 Å². The van der Waals surface area contributed by atoms with Gasteiger partial charge in [0.2, 0.25) is 5.91 Å². The van der Waals surface area contributed by atoms with E-state index in [0.717, 1.165) is 43.3 Å². The first-order valence-corrected chi connectivity index (χ1v) is 8.84. The summed E-state index contributed by atoms with van der Waals surface area (Å²) in [5.41, 5.74) is 2.39. The highest BCUT2D eigenvalue weighted by Gasteiger charge is 2.39. The molecule has 1 saturated carbocycles. The fourth-order valence-electron chi connectivity index (χ4n) is 3.99. The predicted octanol–water partition coefficient (Wildman–Crippen LogP) is 2.50. The third-order valence-electron chi connectivity index (χ3n) is 5.34. The van der Waals surface area contributed by atoms with Gasteiger partial charge < -0.3 is 14.2 Å².